The maximum absolute atomic E-state index is 6.73. The molecule has 0 spiro atoms. The maximum Gasteiger partial charge on any atom is 0.111 e. The Hall–Kier alpha value is -4.41. The topological polar surface area (TPSA) is 41.6 Å². The lowest BCUT2D eigenvalue weighted by Gasteiger charge is -2.28. The Labute approximate surface area is 265 Å². The molecule has 1 saturated heterocycles. The Balaban J connectivity index is 1.10. The number of fused-ring (bicyclic) bond motifs is 5. The van der Waals surface area contributed by atoms with E-state index in [9.17, 15) is 0 Å². The molecular weight excluding hydrogens is 555 g/mol. The summed E-state index contributed by atoms with van der Waals surface area (Å²) in [6, 6.07) is 13.3. The minimum Gasteiger partial charge on any atom is -0.401 e. The van der Waals surface area contributed by atoms with Gasteiger partial charge in [-0.1, -0.05) is 115 Å². The van der Waals surface area contributed by atoms with Crippen LogP contribution in [0, 0.1) is 5.92 Å². The van der Waals surface area contributed by atoms with E-state index >= 15 is 0 Å². The van der Waals surface area contributed by atoms with Crippen LogP contribution < -0.4 is 5.73 Å². The summed E-state index contributed by atoms with van der Waals surface area (Å²) in [5, 5.41) is 0. The third-order valence-electron chi connectivity index (χ3n) is 9.13. The molecule has 4 aliphatic carbocycles. The van der Waals surface area contributed by atoms with E-state index in [1.807, 2.05) is 11.3 Å². The number of nitrogens with two attached hydrogens (primary N) is 1. The monoisotopic (exact) mass is 593 g/mol. The highest BCUT2D eigenvalue weighted by atomic mass is 32.1. The number of allylic oxidation sites excluding steroid dienone is 14. The van der Waals surface area contributed by atoms with Crippen molar-refractivity contribution in [2.24, 2.45) is 16.6 Å². The molecule has 44 heavy (non-hydrogen) atoms. The lowest BCUT2D eigenvalue weighted by molar-refractivity contribution is 0.332. The summed E-state index contributed by atoms with van der Waals surface area (Å²) in [6.07, 6.45) is 36.1. The zero-order valence-electron chi connectivity index (χ0n) is 25.1. The highest BCUT2D eigenvalue weighted by molar-refractivity contribution is 7.13. The van der Waals surface area contributed by atoms with Crippen LogP contribution in [0.2, 0.25) is 0 Å². The van der Waals surface area contributed by atoms with Crippen LogP contribution in [-0.2, 0) is 6.42 Å². The first kappa shape index (κ1) is 28.4. The molecule has 0 amide bonds. The Kier molecular flexibility index (Phi) is 8.17. The normalized spacial score (nSPS) is 25.2. The molecule has 3 atom stereocenters. The number of thiophene rings is 1. The molecule has 0 bridgehead atoms. The van der Waals surface area contributed by atoms with Crippen molar-refractivity contribution >= 4 is 29.2 Å². The van der Waals surface area contributed by atoms with Crippen molar-refractivity contribution in [3.8, 4) is 0 Å². The second kappa shape index (κ2) is 12.7. The van der Waals surface area contributed by atoms with Gasteiger partial charge in [0.05, 0.1) is 11.8 Å². The molecule has 0 radical (unpaired) electrons. The van der Waals surface area contributed by atoms with E-state index in [1.54, 1.807) is 0 Å². The molecule has 2 N–H and O–H groups in total. The lowest BCUT2D eigenvalue weighted by Crippen LogP contribution is -2.31. The first-order valence-corrected chi connectivity index (χ1v) is 16.6. The van der Waals surface area contributed by atoms with E-state index in [4.69, 9.17) is 10.7 Å². The van der Waals surface area contributed by atoms with Crippen molar-refractivity contribution in [3.63, 3.8) is 0 Å². The molecule has 0 saturated carbocycles. The molecule has 2 aromatic rings. The van der Waals surface area contributed by atoms with Crippen LogP contribution in [0.15, 0.2) is 149 Å². The van der Waals surface area contributed by atoms with Gasteiger partial charge in [0.25, 0.3) is 0 Å². The van der Waals surface area contributed by atoms with Crippen molar-refractivity contribution in [1.29, 1.82) is 0 Å². The van der Waals surface area contributed by atoms with E-state index in [1.165, 1.54) is 32.2 Å². The standard InChI is InChI=1S/C40H39N3S/c1-28(20-22-29-12-4-2-5-13-29)21-24-32-26-31-23-25-37-38(40(31)44-32)34-17-9-11-19-36(34)43(37)27-42-35-18-10-8-16-33(35)39(41)30-14-6-3-7-15-30/h2-8,10,12-14,16-19,21,23-26,30,37-38H,1,9,11,15,20,22,27,41H2/b24-21-,39-33-,42-35-. The van der Waals surface area contributed by atoms with Gasteiger partial charge in [-0.05, 0) is 67.0 Å². The fraction of sp³-hybridized carbons (Fsp3) is 0.225. The van der Waals surface area contributed by atoms with Crippen molar-refractivity contribution < 1.29 is 0 Å². The van der Waals surface area contributed by atoms with Crippen LogP contribution in [0.3, 0.4) is 0 Å². The van der Waals surface area contributed by atoms with Gasteiger partial charge in [0, 0.05) is 38.6 Å². The van der Waals surface area contributed by atoms with Gasteiger partial charge in [0.1, 0.15) is 6.67 Å². The van der Waals surface area contributed by atoms with Crippen molar-refractivity contribution in [2.45, 2.75) is 44.1 Å². The maximum atomic E-state index is 6.73. The van der Waals surface area contributed by atoms with E-state index in [0.717, 1.165) is 54.7 Å². The number of aryl methyl sites for hydroxylation is 1. The Bertz CT molecular complexity index is 1750. The molecule has 1 aliphatic heterocycles. The zero-order chi connectivity index (χ0) is 29.9. The van der Waals surface area contributed by atoms with Crippen LogP contribution in [0.25, 0.3) is 12.2 Å². The van der Waals surface area contributed by atoms with Crippen LogP contribution in [0.1, 0.15) is 52.5 Å². The minimum absolute atomic E-state index is 0.214. The summed E-state index contributed by atoms with van der Waals surface area (Å²) in [6.45, 7) is 4.93. The van der Waals surface area contributed by atoms with E-state index in [-0.39, 0.29) is 12.0 Å². The number of aliphatic imine (C=N–C) groups is 1. The average Bonchev–Trinajstić information content (AvgIpc) is 3.64. The number of hydrogen-bond acceptors (Lipinski definition) is 4. The first-order chi connectivity index (χ1) is 21.7. The van der Waals surface area contributed by atoms with Gasteiger partial charge in [-0.15, -0.1) is 11.3 Å². The quantitative estimate of drug-likeness (QED) is 0.310. The summed E-state index contributed by atoms with van der Waals surface area (Å²) in [5.74, 6) is 0.558. The molecule has 4 heteroatoms. The summed E-state index contributed by atoms with van der Waals surface area (Å²) >= 11 is 1.93. The summed E-state index contributed by atoms with van der Waals surface area (Å²) < 4.78 is 0. The third-order valence-corrected chi connectivity index (χ3v) is 10.3. The van der Waals surface area contributed by atoms with Gasteiger partial charge in [-0.3, -0.25) is 4.99 Å². The van der Waals surface area contributed by atoms with E-state index in [0.29, 0.717) is 12.6 Å². The Morgan fingerprint density at radius 3 is 2.75 bits per heavy atom. The SMILES string of the molecule is C=C(/C=C\c1cc2c(s1)C1C3=CCCC=C3N(C/N=C3/C=CC=C/C3=C(/N)C3C=CC=CC3)C1C=C2)CCc1ccccc1. The number of nitrogens with zero attached hydrogens (tertiary/aromatic N) is 2. The molecule has 1 aromatic heterocycles. The molecule has 7 rings (SSSR count). The largest absolute Gasteiger partial charge is 0.401 e. The third kappa shape index (κ3) is 5.75. The highest BCUT2D eigenvalue weighted by Crippen LogP contribution is 2.52. The number of rotatable bonds is 8. The second-order valence-corrected chi connectivity index (χ2v) is 13.1. The molecule has 3 unspecified atom stereocenters. The van der Waals surface area contributed by atoms with E-state index in [2.05, 4.69) is 133 Å². The minimum atomic E-state index is 0.214. The van der Waals surface area contributed by atoms with Gasteiger partial charge in [-0.2, -0.15) is 0 Å². The van der Waals surface area contributed by atoms with Crippen molar-refractivity contribution in [1.82, 2.24) is 4.90 Å². The van der Waals surface area contributed by atoms with Gasteiger partial charge >= 0.3 is 0 Å². The molecule has 1 fully saturated rings. The number of benzene rings is 1. The molecule has 220 valence electrons. The van der Waals surface area contributed by atoms with Gasteiger partial charge in [-0.25, -0.2) is 0 Å². The predicted octanol–water partition coefficient (Wildman–Crippen LogP) is 9.22. The zero-order valence-corrected chi connectivity index (χ0v) is 25.9. The summed E-state index contributed by atoms with van der Waals surface area (Å²) in [7, 11) is 0. The van der Waals surface area contributed by atoms with Crippen molar-refractivity contribution in [3.05, 3.63) is 165 Å². The fourth-order valence-corrected chi connectivity index (χ4v) is 8.02. The van der Waals surface area contributed by atoms with Crippen LogP contribution in [0.5, 0.6) is 0 Å². The Morgan fingerprint density at radius 1 is 1.02 bits per heavy atom. The molecule has 3 nitrogen and oxygen atoms in total. The first-order valence-electron chi connectivity index (χ1n) is 15.8. The lowest BCUT2D eigenvalue weighted by atomic mass is 9.85. The van der Waals surface area contributed by atoms with Gasteiger partial charge in [0.2, 0.25) is 0 Å². The fourth-order valence-electron chi connectivity index (χ4n) is 6.81. The second-order valence-electron chi connectivity index (χ2n) is 12.0. The summed E-state index contributed by atoms with van der Waals surface area (Å²) in [4.78, 5) is 10.5. The van der Waals surface area contributed by atoms with Gasteiger partial charge in [0.15, 0.2) is 0 Å². The predicted molar refractivity (Wildman–Crippen MR) is 188 cm³/mol. The van der Waals surface area contributed by atoms with E-state index < -0.39 is 0 Å². The number of hydrogen-bond donors (Lipinski definition) is 1. The molecule has 5 aliphatic rings. The van der Waals surface area contributed by atoms with Gasteiger partial charge < -0.3 is 10.6 Å². The van der Waals surface area contributed by atoms with Crippen LogP contribution in [-0.4, -0.2) is 23.3 Å². The van der Waals surface area contributed by atoms with Crippen LogP contribution in [0.4, 0.5) is 0 Å². The Morgan fingerprint density at radius 2 is 1.89 bits per heavy atom. The molecule has 1 aromatic carbocycles. The highest BCUT2D eigenvalue weighted by Gasteiger charge is 2.44. The molecular formula is C40H39N3S. The smallest absolute Gasteiger partial charge is 0.111 e. The van der Waals surface area contributed by atoms with Crippen LogP contribution >= 0.6 is 11.3 Å². The summed E-state index contributed by atoms with van der Waals surface area (Å²) in [5.41, 5.74) is 16.3. The number of likely N-dealkylation sites (tertiary alicyclic amines) is 1. The molecule has 2 heterocycles. The van der Waals surface area contributed by atoms with Crippen molar-refractivity contribution in [2.75, 3.05) is 6.67 Å². The average molecular weight is 594 g/mol.